The van der Waals surface area contributed by atoms with E-state index in [2.05, 4.69) is 15.8 Å². The third-order valence-corrected chi connectivity index (χ3v) is 1.48. The van der Waals surface area contributed by atoms with Crippen molar-refractivity contribution in [2.24, 2.45) is 0 Å². The number of carbonyl (C=O) groups excluding carboxylic acids is 1. The largest absolute Gasteiger partial charge is 0.297 e. The number of pyridine rings is 1. The number of hydrogen-bond donors (Lipinski definition) is 2. The summed E-state index contributed by atoms with van der Waals surface area (Å²) in [6.07, 6.45) is 4.71. The number of hydrazine groups is 1. The van der Waals surface area contributed by atoms with Gasteiger partial charge < -0.3 is 0 Å². The Morgan fingerprint density at radius 2 is 2.46 bits per heavy atom. The summed E-state index contributed by atoms with van der Waals surface area (Å²) in [5, 5.41) is 0. The molecule has 4 heteroatoms. The molecule has 0 aliphatic carbocycles. The molecule has 1 amide bonds. The van der Waals surface area contributed by atoms with Gasteiger partial charge in [-0.25, -0.2) is 0 Å². The van der Waals surface area contributed by atoms with Crippen molar-refractivity contribution in [3.05, 3.63) is 24.5 Å². The molecule has 70 valence electrons. The predicted octanol–water partition coefficient (Wildman–Crippen LogP) is 1.32. The van der Waals surface area contributed by atoms with Gasteiger partial charge in [-0.3, -0.25) is 20.6 Å². The van der Waals surface area contributed by atoms with E-state index in [4.69, 9.17) is 0 Å². The highest BCUT2D eigenvalue weighted by Crippen LogP contribution is 1.99. The standard InChI is InChI=1S/C9H13N3O/c1-2-4-9(13)12-11-8-5-3-6-10-7-8/h3,5-7,11H,2,4H2,1H3,(H,12,13). The predicted molar refractivity (Wildman–Crippen MR) is 50.9 cm³/mol. The molecule has 1 heterocycles. The summed E-state index contributed by atoms with van der Waals surface area (Å²) < 4.78 is 0. The van der Waals surface area contributed by atoms with E-state index in [1.54, 1.807) is 18.5 Å². The van der Waals surface area contributed by atoms with Gasteiger partial charge in [0.15, 0.2) is 0 Å². The van der Waals surface area contributed by atoms with E-state index in [-0.39, 0.29) is 5.91 Å². The van der Waals surface area contributed by atoms with Crippen molar-refractivity contribution in [3.63, 3.8) is 0 Å². The Hall–Kier alpha value is -1.58. The molecular formula is C9H13N3O. The Balaban J connectivity index is 2.31. The Kier molecular flexibility index (Phi) is 3.75. The van der Waals surface area contributed by atoms with E-state index in [1.165, 1.54) is 0 Å². The molecule has 1 aromatic heterocycles. The van der Waals surface area contributed by atoms with Crippen LogP contribution in [0.3, 0.4) is 0 Å². The SMILES string of the molecule is CCCC(=O)NNc1cccnc1. The van der Waals surface area contributed by atoms with Gasteiger partial charge in [0.25, 0.3) is 0 Å². The Morgan fingerprint density at radius 3 is 3.08 bits per heavy atom. The van der Waals surface area contributed by atoms with Crippen LogP contribution in [0, 0.1) is 0 Å². The Labute approximate surface area is 77.3 Å². The molecule has 0 unspecified atom stereocenters. The van der Waals surface area contributed by atoms with Crippen molar-refractivity contribution in [1.82, 2.24) is 10.4 Å². The lowest BCUT2D eigenvalue weighted by molar-refractivity contribution is -0.120. The molecule has 13 heavy (non-hydrogen) atoms. The third kappa shape index (κ3) is 3.55. The lowest BCUT2D eigenvalue weighted by Gasteiger charge is -2.06. The van der Waals surface area contributed by atoms with Crippen LogP contribution < -0.4 is 10.9 Å². The van der Waals surface area contributed by atoms with Crippen molar-refractivity contribution in [3.8, 4) is 0 Å². The summed E-state index contributed by atoms with van der Waals surface area (Å²) in [5.41, 5.74) is 6.12. The minimum absolute atomic E-state index is 0.00801. The molecule has 0 aliphatic rings. The highest BCUT2D eigenvalue weighted by Gasteiger charge is 1.96. The second-order valence-electron chi connectivity index (χ2n) is 2.66. The van der Waals surface area contributed by atoms with E-state index in [1.807, 2.05) is 13.0 Å². The average Bonchev–Trinajstić information content (AvgIpc) is 2.17. The number of anilines is 1. The number of rotatable bonds is 4. The topological polar surface area (TPSA) is 54.0 Å². The molecule has 1 rings (SSSR count). The average molecular weight is 179 g/mol. The van der Waals surface area contributed by atoms with Gasteiger partial charge in [0.05, 0.1) is 11.9 Å². The number of nitrogens with one attached hydrogen (secondary N) is 2. The zero-order valence-electron chi connectivity index (χ0n) is 7.58. The molecule has 1 aromatic rings. The molecule has 0 aromatic carbocycles. The van der Waals surface area contributed by atoms with Gasteiger partial charge >= 0.3 is 0 Å². The van der Waals surface area contributed by atoms with E-state index in [0.29, 0.717) is 6.42 Å². The Bertz CT molecular complexity index is 261. The number of carbonyl (C=O) groups is 1. The molecule has 0 saturated heterocycles. The molecule has 0 atom stereocenters. The molecule has 0 saturated carbocycles. The second-order valence-corrected chi connectivity index (χ2v) is 2.66. The van der Waals surface area contributed by atoms with Gasteiger partial charge in [0.1, 0.15) is 0 Å². The summed E-state index contributed by atoms with van der Waals surface area (Å²) in [4.78, 5) is 14.9. The highest BCUT2D eigenvalue weighted by atomic mass is 16.2. The van der Waals surface area contributed by atoms with Crippen LogP contribution in [0.4, 0.5) is 5.69 Å². The minimum Gasteiger partial charge on any atom is -0.297 e. The van der Waals surface area contributed by atoms with Gasteiger partial charge in [-0.05, 0) is 18.6 Å². The van der Waals surface area contributed by atoms with Crippen molar-refractivity contribution in [2.75, 3.05) is 5.43 Å². The first-order valence-electron chi connectivity index (χ1n) is 4.28. The summed E-state index contributed by atoms with van der Waals surface area (Å²) >= 11 is 0. The number of aromatic nitrogens is 1. The van der Waals surface area contributed by atoms with Crippen LogP contribution in [0.5, 0.6) is 0 Å². The maximum Gasteiger partial charge on any atom is 0.238 e. The third-order valence-electron chi connectivity index (χ3n) is 1.48. The van der Waals surface area contributed by atoms with E-state index in [9.17, 15) is 4.79 Å². The monoisotopic (exact) mass is 179 g/mol. The van der Waals surface area contributed by atoms with Gasteiger partial charge in [0, 0.05) is 12.6 Å². The maximum atomic E-state index is 11.0. The summed E-state index contributed by atoms with van der Waals surface area (Å²) in [5.74, 6) is -0.00801. The molecule has 0 radical (unpaired) electrons. The van der Waals surface area contributed by atoms with Crippen LogP contribution in [0.15, 0.2) is 24.5 Å². The maximum absolute atomic E-state index is 11.0. The second kappa shape index (κ2) is 5.13. The van der Waals surface area contributed by atoms with E-state index in [0.717, 1.165) is 12.1 Å². The normalized spacial score (nSPS) is 9.31. The van der Waals surface area contributed by atoms with Crippen LogP contribution in [0.25, 0.3) is 0 Å². The van der Waals surface area contributed by atoms with Crippen molar-refractivity contribution in [2.45, 2.75) is 19.8 Å². The first-order chi connectivity index (χ1) is 6.33. The van der Waals surface area contributed by atoms with Gasteiger partial charge in [-0.1, -0.05) is 6.92 Å². The minimum atomic E-state index is -0.00801. The van der Waals surface area contributed by atoms with Crippen LogP contribution in [0.2, 0.25) is 0 Å². The first kappa shape index (κ1) is 9.51. The van der Waals surface area contributed by atoms with Crippen LogP contribution in [0.1, 0.15) is 19.8 Å². The molecule has 0 fully saturated rings. The van der Waals surface area contributed by atoms with Crippen molar-refractivity contribution >= 4 is 11.6 Å². The fourth-order valence-electron chi connectivity index (χ4n) is 0.868. The lowest BCUT2D eigenvalue weighted by atomic mass is 10.3. The zero-order chi connectivity index (χ0) is 9.52. The highest BCUT2D eigenvalue weighted by molar-refractivity contribution is 5.77. The molecule has 0 spiro atoms. The summed E-state index contributed by atoms with van der Waals surface area (Å²) in [6.45, 7) is 1.96. The molecular weight excluding hydrogens is 166 g/mol. The van der Waals surface area contributed by atoms with Gasteiger partial charge in [-0.15, -0.1) is 0 Å². The quantitative estimate of drug-likeness (QED) is 0.685. The first-order valence-corrected chi connectivity index (χ1v) is 4.28. The van der Waals surface area contributed by atoms with Crippen LogP contribution >= 0.6 is 0 Å². The van der Waals surface area contributed by atoms with E-state index < -0.39 is 0 Å². The van der Waals surface area contributed by atoms with Gasteiger partial charge in [-0.2, -0.15) is 0 Å². The van der Waals surface area contributed by atoms with Crippen molar-refractivity contribution in [1.29, 1.82) is 0 Å². The van der Waals surface area contributed by atoms with Crippen LogP contribution in [-0.4, -0.2) is 10.9 Å². The number of nitrogens with zero attached hydrogens (tertiary/aromatic N) is 1. The Morgan fingerprint density at radius 1 is 1.62 bits per heavy atom. The van der Waals surface area contributed by atoms with E-state index >= 15 is 0 Å². The molecule has 0 aliphatic heterocycles. The number of hydrogen-bond acceptors (Lipinski definition) is 3. The molecule has 0 bridgehead atoms. The fraction of sp³-hybridized carbons (Fsp3) is 0.333. The van der Waals surface area contributed by atoms with Crippen LogP contribution in [-0.2, 0) is 4.79 Å². The smallest absolute Gasteiger partial charge is 0.238 e. The lowest BCUT2D eigenvalue weighted by Crippen LogP contribution is -2.28. The zero-order valence-corrected chi connectivity index (χ0v) is 7.58. The fourth-order valence-corrected chi connectivity index (χ4v) is 0.868. The summed E-state index contributed by atoms with van der Waals surface area (Å²) in [7, 11) is 0. The van der Waals surface area contributed by atoms with Gasteiger partial charge in [0.2, 0.25) is 5.91 Å². The summed E-state index contributed by atoms with van der Waals surface area (Å²) in [6, 6.07) is 3.63. The number of amides is 1. The van der Waals surface area contributed by atoms with Crippen molar-refractivity contribution < 1.29 is 4.79 Å². The molecule has 4 nitrogen and oxygen atoms in total. The molecule has 2 N–H and O–H groups in total.